The summed E-state index contributed by atoms with van der Waals surface area (Å²) in [6.45, 7) is 1.89. The number of aromatic nitrogens is 1. The summed E-state index contributed by atoms with van der Waals surface area (Å²) in [6, 6.07) is 2.76. The van der Waals surface area contributed by atoms with Crippen LogP contribution in [0.2, 0.25) is 0 Å². The predicted molar refractivity (Wildman–Crippen MR) is 61.0 cm³/mol. The first kappa shape index (κ1) is 10.7. The van der Waals surface area contributed by atoms with Gasteiger partial charge in [-0.2, -0.15) is 0 Å². The summed E-state index contributed by atoms with van der Waals surface area (Å²) in [5.74, 6) is 0. The maximum atomic E-state index is 5.04. The van der Waals surface area contributed by atoms with Gasteiger partial charge < -0.3 is 15.0 Å². The van der Waals surface area contributed by atoms with Gasteiger partial charge in [0.1, 0.15) is 0 Å². The van der Waals surface area contributed by atoms with Crippen molar-refractivity contribution in [1.29, 1.82) is 0 Å². The highest BCUT2D eigenvalue weighted by Crippen LogP contribution is 2.28. The first-order valence-corrected chi connectivity index (χ1v) is 5.80. The predicted octanol–water partition coefficient (Wildman–Crippen LogP) is 2.02. The maximum absolute atomic E-state index is 5.04. The second kappa shape index (κ2) is 5.33. The lowest BCUT2D eigenvalue weighted by Crippen LogP contribution is -2.26. The summed E-state index contributed by atoms with van der Waals surface area (Å²) in [4.78, 5) is 3.32. The molecule has 1 atom stereocenters. The normalized spacial score (nSPS) is 20.2. The molecule has 0 amide bonds. The van der Waals surface area contributed by atoms with Gasteiger partial charge in [0.2, 0.25) is 0 Å². The fraction of sp³-hybridized carbons (Fsp3) is 0.667. The molecule has 0 aromatic carbocycles. The number of aryl methyl sites for hydroxylation is 1. The lowest BCUT2D eigenvalue weighted by atomic mass is 9.93. The zero-order valence-electron chi connectivity index (χ0n) is 9.38. The molecule has 15 heavy (non-hydrogen) atoms. The molecule has 0 saturated heterocycles. The molecule has 0 fully saturated rings. The minimum atomic E-state index is 0.553. The van der Waals surface area contributed by atoms with E-state index in [1.165, 1.54) is 30.5 Å². The van der Waals surface area contributed by atoms with Crippen molar-refractivity contribution < 1.29 is 4.74 Å². The Hall–Kier alpha value is -0.800. The standard InChI is InChI=1S/C12H20N2O/c1-15-9-3-7-13-11-4-2-5-12-10(11)6-8-14-12/h6,8,11,13-14H,2-5,7,9H2,1H3. The Morgan fingerprint density at radius 1 is 1.60 bits per heavy atom. The minimum Gasteiger partial charge on any atom is -0.385 e. The van der Waals surface area contributed by atoms with Gasteiger partial charge in [-0.25, -0.2) is 0 Å². The molecule has 1 aliphatic carbocycles. The number of hydrogen-bond acceptors (Lipinski definition) is 2. The first-order valence-electron chi connectivity index (χ1n) is 5.80. The summed E-state index contributed by atoms with van der Waals surface area (Å²) in [5, 5.41) is 3.60. The fourth-order valence-corrected chi connectivity index (χ4v) is 2.30. The second-order valence-electron chi connectivity index (χ2n) is 4.16. The van der Waals surface area contributed by atoms with Gasteiger partial charge in [0.15, 0.2) is 0 Å². The molecule has 1 aliphatic rings. The maximum Gasteiger partial charge on any atom is 0.0474 e. The van der Waals surface area contributed by atoms with E-state index >= 15 is 0 Å². The lowest BCUT2D eigenvalue weighted by molar-refractivity contribution is 0.192. The van der Waals surface area contributed by atoms with Gasteiger partial charge in [-0.15, -0.1) is 0 Å². The van der Waals surface area contributed by atoms with Crippen LogP contribution >= 0.6 is 0 Å². The average molecular weight is 208 g/mol. The Kier molecular flexibility index (Phi) is 3.80. The van der Waals surface area contributed by atoms with Crippen molar-refractivity contribution in [3.8, 4) is 0 Å². The molecule has 2 rings (SSSR count). The Morgan fingerprint density at radius 3 is 3.40 bits per heavy atom. The van der Waals surface area contributed by atoms with E-state index < -0.39 is 0 Å². The summed E-state index contributed by atoms with van der Waals surface area (Å²) in [6.07, 6.45) is 6.90. The van der Waals surface area contributed by atoms with Gasteiger partial charge in [-0.05, 0) is 43.9 Å². The van der Waals surface area contributed by atoms with Crippen molar-refractivity contribution in [3.63, 3.8) is 0 Å². The van der Waals surface area contributed by atoms with Gasteiger partial charge in [-0.3, -0.25) is 0 Å². The molecule has 1 unspecified atom stereocenters. The average Bonchev–Trinajstić information content (AvgIpc) is 2.73. The van der Waals surface area contributed by atoms with Gasteiger partial charge in [-0.1, -0.05) is 0 Å². The van der Waals surface area contributed by atoms with Crippen molar-refractivity contribution in [1.82, 2.24) is 10.3 Å². The highest BCUT2D eigenvalue weighted by Gasteiger charge is 2.19. The summed E-state index contributed by atoms with van der Waals surface area (Å²) < 4.78 is 5.04. The summed E-state index contributed by atoms with van der Waals surface area (Å²) in [7, 11) is 1.75. The molecule has 2 N–H and O–H groups in total. The highest BCUT2D eigenvalue weighted by molar-refractivity contribution is 5.26. The van der Waals surface area contributed by atoms with E-state index in [9.17, 15) is 0 Å². The van der Waals surface area contributed by atoms with Crippen molar-refractivity contribution in [2.24, 2.45) is 0 Å². The molecule has 3 heteroatoms. The van der Waals surface area contributed by atoms with Crippen LogP contribution in [-0.2, 0) is 11.2 Å². The Morgan fingerprint density at radius 2 is 2.53 bits per heavy atom. The fourth-order valence-electron chi connectivity index (χ4n) is 2.30. The zero-order chi connectivity index (χ0) is 10.5. The van der Waals surface area contributed by atoms with Gasteiger partial charge in [0.05, 0.1) is 0 Å². The van der Waals surface area contributed by atoms with Crippen LogP contribution in [0.5, 0.6) is 0 Å². The Balaban J connectivity index is 1.84. The number of hydrogen-bond donors (Lipinski definition) is 2. The third-order valence-electron chi connectivity index (χ3n) is 3.08. The third kappa shape index (κ3) is 2.61. The van der Waals surface area contributed by atoms with Gasteiger partial charge >= 0.3 is 0 Å². The quantitative estimate of drug-likeness (QED) is 0.726. The van der Waals surface area contributed by atoms with Crippen LogP contribution in [0.15, 0.2) is 12.3 Å². The topological polar surface area (TPSA) is 37.0 Å². The number of nitrogens with one attached hydrogen (secondary N) is 2. The van der Waals surface area contributed by atoms with Crippen LogP contribution in [0.4, 0.5) is 0 Å². The number of fused-ring (bicyclic) bond motifs is 1. The zero-order valence-corrected chi connectivity index (χ0v) is 9.38. The Labute approximate surface area is 91.2 Å². The van der Waals surface area contributed by atoms with E-state index in [0.29, 0.717) is 6.04 Å². The van der Waals surface area contributed by atoms with E-state index in [1.54, 1.807) is 7.11 Å². The molecule has 3 nitrogen and oxygen atoms in total. The van der Waals surface area contributed by atoms with Crippen LogP contribution in [0.25, 0.3) is 0 Å². The first-order chi connectivity index (χ1) is 7.42. The van der Waals surface area contributed by atoms with Crippen LogP contribution in [0.3, 0.4) is 0 Å². The van der Waals surface area contributed by atoms with E-state index in [2.05, 4.69) is 22.6 Å². The van der Waals surface area contributed by atoms with Crippen LogP contribution in [-0.4, -0.2) is 25.2 Å². The molecule has 1 heterocycles. The summed E-state index contributed by atoms with van der Waals surface area (Å²) in [5.41, 5.74) is 2.89. The molecule has 0 saturated carbocycles. The molecule has 84 valence electrons. The molecule has 0 aliphatic heterocycles. The van der Waals surface area contributed by atoms with Gasteiger partial charge in [0.25, 0.3) is 0 Å². The number of aromatic amines is 1. The largest absolute Gasteiger partial charge is 0.385 e. The number of rotatable bonds is 5. The third-order valence-corrected chi connectivity index (χ3v) is 3.08. The number of methoxy groups -OCH3 is 1. The second-order valence-corrected chi connectivity index (χ2v) is 4.16. The number of ether oxygens (including phenoxy) is 1. The molecule has 1 aromatic rings. The highest BCUT2D eigenvalue weighted by atomic mass is 16.5. The van der Waals surface area contributed by atoms with Crippen molar-refractivity contribution in [2.45, 2.75) is 31.7 Å². The van der Waals surface area contributed by atoms with E-state index in [1.807, 2.05) is 0 Å². The smallest absolute Gasteiger partial charge is 0.0474 e. The van der Waals surface area contributed by atoms with Crippen molar-refractivity contribution in [2.75, 3.05) is 20.3 Å². The number of H-pyrrole nitrogens is 1. The molecule has 1 aromatic heterocycles. The molecule has 0 radical (unpaired) electrons. The van der Waals surface area contributed by atoms with Crippen LogP contribution in [0, 0.1) is 0 Å². The van der Waals surface area contributed by atoms with E-state index in [0.717, 1.165) is 19.6 Å². The van der Waals surface area contributed by atoms with Gasteiger partial charge in [0, 0.05) is 31.6 Å². The monoisotopic (exact) mass is 208 g/mol. The lowest BCUT2D eigenvalue weighted by Gasteiger charge is -2.23. The molecule has 0 spiro atoms. The Bertz CT molecular complexity index is 296. The summed E-state index contributed by atoms with van der Waals surface area (Å²) >= 11 is 0. The van der Waals surface area contributed by atoms with Crippen LogP contribution in [0.1, 0.15) is 36.6 Å². The SMILES string of the molecule is COCCCNC1CCCc2[nH]ccc21. The molecular formula is C12H20N2O. The molecular weight excluding hydrogens is 188 g/mol. The van der Waals surface area contributed by atoms with E-state index in [4.69, 9.17) is 4.74 Å². The van der Waals surface area contributed by atoms with E-state index in [-0.39, 0.29) is 0 Å². The minimum absolute atomic E-state index is 0.553. The van der Waals surface area contributed by atoms with Crippen LogP contribution < -0.4 is 5.32 Å². The van der Waals surface area contributed by atoms with Crippen molar-refractivity contribution >= 4 is 0 Å². The van der Waals surface area contributed by atoms with Crippen molar-refractivity contribution in [3.05, 3.63) is 23.5 Å². The molecule has 0 bridgehead atoms.